The zero-order valence-electron chi connectivity index (χ0n) is 11.7. The van der Waals surface area contributed by atoms with Crippen molar-refractivity contribution in [1.82, 2.24) is 20.8 Å². The number of aryl methyl sites for hydroxylation is 1. The number of hydrogen-bond donors (Lipinski definition) is 2. The van der Waals surface area contributed by atoms with Crippen molar-refractivity contribution in [2.75, 3.05) is 20.2 Å². The topological polar surface area (TPSA) is 84.6 Å². The summed E-state index contributed by atoms with van der Waals surface area (Å²) in [4.78, 5) is 8.28. The number of aliphatic imine (C=N–C) groups is 1. The molecule has 1 aliphatic heterocycles. The van der Waals surface area contributed by atoms with Crippen molar-refractivity contribution in [3.8, 4) is 0 Å². The molecular weight excluding hydrogens is 246 g/mol. The SMILES string of the molecule is CN=C(NCc1noc(C)n1)NCC1(C)CCCO1. The summed E-state index contributed by atoms with van der Waals surface area (Å²) in [5.74, 6) is 1.88. The number of guanidine groups is 1. The van der Waals surface area contributed by atoms with Crippen LogP contribution >= 0.6 is 0 Å². The lowest BCUT2D eigenvalue weighted by molar-refractivity contribution is 0.0243. The number of hydrogen-bond acceptors (Lipinski definition) is 5. The smallest absolute Gasteiger partial charge is 0.223 e. The van der Waals surface area contributed by atoms with E-state index in [0.29, 0.717) is 24.2 Å². The summed E-state index contributed by atoms with van der Waals surface area (Å²) in [6, 6.07) is 0. The van der Waals surface area contributed by atoms with Crippen LogP contribution in [-0.4, -0.2) is 41.9 Å². The minimum absolute atomic E-state index is 0.0969. The first kappa shape index (κ1) is 13.8. The molecule has 2 rings (SSSR count). The lowest BCUT2D eigenvalue weighted by atomic mass is 10.0. The fourth-order valence-corrected chi connectivity index (χ4v) is 2.04. The first-order chi connectivity index (χ1) is 9.11. The van der Waals surface area contributed by atoms with E-state index in [1.54, 1.807) is 14.0 Å². The number of nitrogens with one attached hydrogen (secondary N) is 2. The number of rotatable bonds is 4. The Morgan fingerprint density at radius 2 is 2.32 bits per heavy atom. The van der Waals surface area contributed by atoms with Crippen LogP contribution < -0.4 is 10.6 Å². The predicted octanol–water partition coefficient (Wildman–Crippen LogP) is 0.612. The third kappa shape index (κ3) is 3.92. The van der Waals surface area contributed by atoms with Gasteiger partial charge in [0.15, 0.2) is 11.8 Å². The summed E-state index contributed by atoms with van der Waals surface area (Å²) < 4.78 is 10.6. The fraction of sp³-hybridized carbons (Fsp3) is 0.750. The first-order valence-corrected chi connectivity index (χ1v) is 6.49. The van der Waals surface area contributed by atoms with E-state index >= 15 is 0 Å². The Labute approximate surface area is 112 Å². The van der Waals surface area contributed by atoms with Gasteiger partial charge in [0.05, 0.1) is 12.1 Å². The normalized spacial score (nSPS) is 23.6. The molecular formula is C12H21N5O2. The molecule has 0 aliphatic carbocycles. The average molecular weight is 267 g/mol. The third-order valence-electron chi connectivity index (χ3n) is 3.14. The minimum Gasteiger partial charge on any atom is -0.373 e. The molecule has 1 saturated heterocycles. The maximum Gasteiger partial charge on any atom is 0.223 e. The summed E-state index contributed by atoms with van der Waals surface area (Å²) >= 11 is 0. The molecule has 1 fully saturated rings. The van der Waals surface area contributed by atoms with Crippen molar-refractivity contribution in [3.63, 3.8) is 0 Å². The van der Waals surface area contributed by atoms with Crippen LogP contribution in [-0.2, 0) is 11.3 Å². The lowest BCUT2D eigenvalue weighted by Crippen LogP contribution is -2.45. The van der Waals surface area contributed by atoms with Gasteiger partial charge in [0.1, 0.15) is 0 Å². The van der Waals surface area contributed by atoms with E-state index in [1.807, 2.05) is 0 Å². The molecule has 2 heterocycles. The molecule has 19 heavy (non-hydrogen) atoms. The molecule has 7 nitrogen and oxygen atoms in total. The van der Waals surface area contributed by atoms with E-state index in [2.05, 4.69) is 32.7 Å². The second-order valence-electron chi connectivity index (χ2n) is 4.91. The molecule has 1 atom stereocenters. The van der Waals surface area contributed by atoms with Gasteiger partial charge in [-0.15, -0.1) is 0 Å². The molecule has 0 radical (unpaired) electrons. The summed E-state index contributed by atoms with van der Waals surface area (Å²) in [7, 11) is 1.73. The van der Waals surface area contributed by atoms with Gasteiger partial charge in [-0.25, -0.2) is 0 Å². The van der Waals surface area contributed by atoms with Gasteiger partial charge < -0.3 is 19.9 Å². The quantitative estimate of drug-likeness (QED) is 0.614. The van der Waals surface area contributed by atoms with Gasteiger partial charge in [-0.1, -0.05) is 5.16 Å². The van der Waals surface area contributed by atoms with Crippen molar-refractivity contribution in [2.24, 2.45) is 4.99 Å². The molecule has 0 bridgehead atoms. The summed E-state index contributed by atoms with van der Waals surface area (Å²) in [5.41, 5.74) is -0.0969. The largest absolute Gasteiger partial charge is 0.373 e. The zero-order chi connectivity index (χ0) is 13.7. The van der Waals surface area contributed by atoms with Crippen LogP contribution in [0.25, 0.3) is 0 Å². The summed E-state index contributed by atoms with van der Waals surface area (Å²) in [6.07, 6.45) is 2.19. The van der Waals surface area contributed by atoms with Gasteiger partial charge in [0, 0.05) is 27.1 Å². The molecule has 7 heteroatoms. The monoisotopic (exact) mass is 267 g/mol. The Bertz CT molecular complexity index is 437. The fourth-order valence-electron chi connectivity index (χ4n) is 2.04. The van der Waals surface area contributed by atoms with E-state index < -0.39 is 0 Å². The van der Waals surface area contributed by atoms with Gasteiger partial charge in [-0.05, 0) is 19.8 Å². The Morgan fingerprint density at radius 1 is 1.47 bits per heavy atom. The van der Waals surface area contributed by atoms with Crippen LogP contribution in [0.2, 0.25) is 0 Å². The van der Waals surface area contributed by atoms with Gasteiger partial charge >= 0.3 is 0 Å². The molecule has 2 N–H and O–H groups in total. The molecule has 0 spiro atoms. The molecule has 1 aromatic rings. The Hall–Kier alpha value is -1.63. The molecule has 1 aromatic heterocycles. The number of ether oxygens (including phenoxy) is 1. The van der Waals surface area contributed by atoms with Crippen molar-refractivity contribution in [3.05, 3.63) is 11.7 Å². The average Bonchev–Trinajstić information content (AvgIpc) is 2.99. The highest BCUT2D eigenvalue weighted by Gasteiger charge is 2.29. The highest BCUT2D eigenvalue weighted by atomic mass is 16.5. The van der Waals surface area contributed by atoms with Gasteiger partial charge in [-0.3, -0.25) is 4.99 Å². The van der Waals surface area contributed by atoms with Crippen molar-refractivity contribution >= 4 is 5.96 Å². The maximum absolute atomic E-state index is 5.72. The molecule has 106 valence electrons. The van der Waals surface area contributed by atoms with Crippen LogP contribution in [0.15, 0.2) is 9.52 Å². The molecule has 1 aliphatic rings. The van der Waals surface area contributed by atoms with Crippen molar-refractivity contribution < 1.29 is 9.26 Å². The van der Waals surface area contributed by atoms with E-state index in [1.165, 1.54) is 0 Å². The Kier molecular flexibility index (Phi) is 4.36. The van der Waals surface area contributed by atoms with E-state index in [0.717, 1.165) is 26.0 Å². The minimum atomic E-state index is -0.0969. The summed E-state index contributed by atoms with van der Waals surface area (Å²) in [5, 5.41) is 10.2. The van der Waals surface area contributed by atoms with Gasteiger partial charge in [-0.2, -0.15) is 4.98 Å². The Morgan fingerprint density at radius 3 is 2.89 bits per heavy atom. The highest BCUT2D eigenvalue weighted by molar-refractivity contribution is 5.79. The lowest BCUT2D eigenvalue weighted by Gasteiger charge is -2.24. The predicted molar refractivity (Wildman–Crippen MR) is 70.8 cm³/mol. The second-order valence-corrected chi connectivity index (χ2v) is 4.91. The number of nitrogens with zero attached hydrogens (tertiary/aromatic N) is 3. The molecule has 0 aromatic carbocycles. The van der Waals surface area contributed by atoms with Gasteiger partial charge in [0.25, 0.3) is 0 Å². The number of aromatic nitrogens is 2. The Balaban J connectivity index is 1.77. The van der Waals surface area contributed by atoms with E-state index in [9.17, 15) is 0 Å². The van der Waals surface area contributed by atoms with Gasteiger partial charge in [0.2, 0.25) is 5.89 Å². The molecule has 0 saturated carbocycles. The van der Waals surface area contributed by atoms with Crippen LogP contribution in [0, 0.1) is 6.92 Å². The maximum atomic E-state index is 5.72. The van der Waals surface area contributed by atoms with E-state index in [4.69, 9.17) is 9.26 Å². The van der Waals surface area contributed by atoms with Crippen LogP contribution in [0.3, 0.4) is 0 Å². The molecule has 1 unspecified atom stereocenters. The van der Waals surface area contributed by atoms with Crippen molar-refractivity contribution in [1.29, 1.82) is 0 Å². The molecule has 0 amide bonds. The van der Waals surface area contributed by atoms with Crippen LogP contribution in [0.1, 0.15) is 31.5 Å². The second kappa shape index (κ2) is 6.01. The highest BCUT2D eigenvalue weighted by Crippen LogP contribution is 2.23. The van der Waals surface area contributed by atoms with Crippen LogP contribution in [0.5, 0.6) is 0 Å². The first-order valence-electron chi connectivity index (χ1n) is 6.49. The summed E-state index contributed by atoms with van der Waals surface area (Å²) in [6.45, 7) is 5.93. The van der Waals surface area contributed by atoms with E-state index in [-0.39, 0.29) is 5.60 Å². The standard InChI is InChI=1S/C12H21N5O2/c1-9-16-10(17-19-9)7-14-11(13-3)15-8-12(2)5-4-6-18-12/h4-8H2,1-3H3,(H2,13,14,15). The van der Waals surface area contributed by atoms with Crippen LogP contribution in [0.4, 0.5) is 0 Å². The zero-order valence-corrected chi connectivity index (χ0v) is 11.7. The van der Waals surface area contributed by atoms with Crippen molar-refractivity contribution in [2.45, 2.75) is 38.8 Å². The third-order valence-corrected chi connectivity index (χ3v) is 3.14.